The van der Waals surface area contributed by atoms with Crippen LogP contribution in [-0.2, 0) is 9.47 Å². The van der Waals surface area contributed by atoms with Crippen LogP contribution in [0.4, 0.5) is 5.69 Å². The topological polar surface area (TPSA) is 56.0 Å². The summed E-state index contributed by atoms with van der Waals surface area (Å²) in [5, 5.41) is 10.8. The number of hydrogen-bond acceptors (Lipinski definition) is 6. The van der Waals surface area contributed by atoms with E-state index in [-0.39, 0.29) is 24.9 Å². The van der Waals surface area contributed by atoms with Gasteiger partial charge in [-0.3, -0.25) is 9.56 Å². The second kappa shape index (κ2) is 6.14. The Kier molecular flexibility index (Phi) is 3.75. The zero-order valence-corrected chi connectivity index (χ0v) is 15.2. The highest BCUT2D eigenvalue weighted by Gasteiger charge is 2.29. The van der Waals surface area contributed by atoms with Crippen molar-refractivity contribution in [3.8, 4) is 5.88 Å². The summed E-state index contributed by atoms with van der Waals surface area (Å²) in [6, 6.07) is 7.93. The summed E-state index contributed by atoms with van der Waals surface area (Å²) in [6.07, 6.45) is 9.29. The molecule has 2 atom stereocenters. The largest absolute Gasteiger partial charge is 0.493 e. The Balaban J connectivity index is 1.55. The summed E-state index contributed by atoms with van der Waals surface area (Å²) in [6.45, 7) is 0.278. The zero-order valence-electron chi connectivity index (χ0n) is 13.5. The number of aromatic hydroxyl groups is 1. The minimum atomic E-state index is -0.146. The molecule has 0 saturated carbocycles. The molecule has 5 nitrogen and oxygen atoms in total. The van der Waals surface area contributed by atoms with Crippen molar-refractivity contribution < 1.29 is 14.6 Å². The molecule has 2 aromatic rings. The Labute approximate surface area is 158 Å². The van der Waals surface area contributed by atoms with Crippen LogP contribution in [0.1, 0.15) is 10.4 Å². The first-order valence-electron chi connectivity index (χ1n) is 8.14. The van der Waals surface area contributed by atoms with Gasteiger partial charge in [-0.25, -0.2) is 0 Å². The first-order valence-corrected chi connectivity index (χ1v) is 9.37. The maximum absolute atomic E-state index is 10.8. The van der Waals surface area contributed by atoms with Crippen LogP contribution < -0.4 is 0 Å². The van der Waals surface area contributed by atoms with Crippen molar-refractivity contribution >= 4 is 52.8 Å². The lowest BCUT2D eigenvalue weighted by molar-refractivity contribution is 0.0503. The first kappa shape index (κ1) is 15.9. The normalized spacial score (nSPS) is 24.8. The van der Waals surface area contributed by atoms with Crippen molar-refractivity contribution in [3.63, 3.8) is 0 Å². The minimum Gasteiger partial charge on any atom is -0.493 e. The fourth-order valence-corrected chi connectivity index (χ4v) is 4.56. The summed E-state index contributed by atoms with van der Waals surface area (Å²) in [5.41, 5.74) is 3.73. The van der Waals surface area contributed by atoms with E-state index < -0.39 is 0 Å². The van der Waals surface area contributed by atoms with Crippen molar-refractivity contribution in [3.05, 3.63) is 56.9 Å². The molecule has 7 heteroatoms. The quantitative estimate of drug-likeness (QED) is 0.783. The van der Waals surface area contributed by atoms with Gasteiger partial charge in [0.25, 0.3) is 0 Å². The number of allylic oxidation sites excluding steroid dienone is 3. The SMILES string of the molecule is Oc1c(/C=C2/C=Nc3ccccc32)sc(=S)n1C1=CC2OCOC2C=C1. The number of nitrogens with zero attached hydrogens (tertiary/aromatic N) is 2. The van der Waals surface area contributed by atoms with Crippen molar-refractivity contribution in [1.82, 2.24) is 4.57 Å². The molecular weight excluding hydrogens is 368 g/mol. The van der Waals surface area contributed by atoms with E-state index in [0.29, 0.717) is 8.83 Å². The Bertz CT molecular complexity index is 1070. The Morgan fingerprint density at radius 1 is 1.27 bits per heavy atom. The van der Waals surface area contributed by atoms with Crippen molar-refractivity contribution in [2.75, 3.05) is 6.79 Å². The number of para-hydroxylation sites is 1. The molecule has 0 amide bonds. The molecule has 0 radical (unpaired) electrons. The second-order valence-corrected chi connectivity index (χ2v) is 7.77. The van der Waals surface area contributed by atoms with Gasteiger partial charge in [-0.1, -0.05) is 24.3 Å². The number of hydrogen-bond donors (Lipinski definition) is 1. The van der Waals surface area contributed by atoms with Crippen molar-refractivity contribution in [2.24, 2.45) is 4.99 Å². The van der Waals surface area contributed by atoms with Gasteiger partial charge in [0, 0.05) is 23.0 Å². The third-order valence-electron chi connectivity index (χ3n) is 4.55. The molecule has 1 aromatic heterocycles. The molecule has 26 heavy (non-hydrogen) atoms. The number of aliphatic imine (C=N–C) groups is 1. The molecule has 0 bridgehead atoms. The molecule has 5 rings (SSSR count). The predicted octanol–water partition coefficient (Wildman–Crippen LogP) is 4.39. The molecule has 1 saturated heterocycles. The fourth-order valence-electron chi connectivity index (χ4n) is 3.26. The Morgan fingerprint density at radius 3 is 3.04 bits per heavy atom. The molecule has 1 aromatic carbocycles. The van der Waals surface area contributed by atoms with E-state index in [0.717, 1.165) is 22.5 Å². The van der Waals surface area contributed by atoms with Crippen LogP contribution in [0.15, 0.2) is 47.5 Å². The molecule has 1 fully saturated rings. The maximum Gasteiger partial charge on any atom is 0.215 e. The molecule has 1 N–H and O–H groups in total. The van der Waals surface area contributed by atoms with Gasteiger partial charge in [0.05, 0.1) is 10.6 Å². The second-order valence-electron chi connectivity index (χ2n) is 6.10. The summed E-state index contributed by atoms with van der Waals surface area (Å²) in [5.74, 6) is 0.124. The fraction of sp³-hybridized carbons (Fsp3) is 0.158. The molecule has 1 aliphatic carbocycles. The highest BCUT2D eigenvalue weighted by Crippen LogP contribution is 2.37. The van der Waals surface area contributed by atoms with Crippen LogP contribution in [0, 0.1) is 3.95 Å². The molecule has 3 aliphatic rings. The van der Waals surface area contributed by atoms with Crippen molar-refractivity contribution in [1.29, 1.82) is 0 Å². The van der Waals surface area contributed by atoms with Gasteiger partial charge in [-0.2, -0.15) is 0 Å². The van der Waals surface area contributed by atoms with Crippen LogP contribution in [0.2, 0.25) is 0 Å². The maximum atomic E-state index is 10.8. The van der Waals surface area contributed by atoms with E-state index in [4.69, 9.17) is 21.7 Å². The minimum absolute atomic E-state index is 0.0681. The van der Waals surface area contributed by atoms with Gasteiger partial charge in [-0.05, 0) is 36.5 Å². The third-order valence-corrected chi connectivity index (χ3v) is 5.86. The van der Waals surface area contributed by atoms with E-state index in [9.17, 15) is 5.11 Å². The van der Waals surface area contributed by atoms with Gasteiger partial charge >= 0.3 is 0 Å². The molecular formula is C19H14N2O3S2. The van der Waals surface area contributed by atoms with Gasteiger partial charge in [0.15, 0.2) is 3.95 Å². The smallest absolute Gasteiger partial charge is 0.215 e. The van der Waals surface area contributed by atoms with E-state index in [1.54, 1.807) is 4.57 Å². The van der Waals surface area contributed by atoms with Gasteiger partial charge in [-0.15, -0.1) is 11.3 Å². The van der Waals surface area contributed by atoms with Gasteiger partial charge < -0.3 is 14.6 Å². The number of ether oxygens (including phenoxy) is 2. The summed E-state index contributed by atoms with van der Waals surface area (Å²) in [7, 11) is 0. The van der Waals surface area contributed by atoms with Crippen LogP contribution in [0.25, 0.3) is 17.3 Å². The van der Waals surface area contributed by atoms with E-state index in [1.165, 1.54) is 11.3 Å². The van der Waals surface area contributed by atoms with Crippen LogP contribution in [-0.4, -0.2) is 34.9 Å². The standard InChI is InChI=1S/C19H14N2O3S2/c22-18-17(7-11-9-20-14-4-2-1-3-13(11)14)26-19(25)21(18)12-5-6-15-16(8-12)24-10-23-15/h1-9,15-16,22H,10H2/b11-7-. The molecule has 2 unspecified atom stereocenters. The lowest BCUT2D eigenvalue weighted by atomic mass is 10.1. The van der Waals surface area contributed by atoms with Crippen molar-refractivity contribution in [2.45, 2.75) is 12.2 Å². The summed E-state index contributed by atoms with van der Waals surface area (Å²) >= 11 is 6.86. The number of aromatic nitrogens is 1. The number of thiazole rings is 1. The van der Waals surface area contributed by atoms with E-state index >= 15 is 0 Å². The molecule has 2 aliphatic heterocycles. The Morgan fingerprint density at radius 2 is 2.12 bits per heavy atom. The van der Waals surface area contributed by atoms with E-state index in [2.05, 4.69) is 4.99 Å². The van der Waals surface area contributed by atoms with Gasteiger partial charge in [0.1, 0.15) is 19.0 Å². The lowest BCUT2D eigenvalue weighted by Gasteiger charge is -2.17. The average molecular weight is 382 g/mol. The number of benzene rings is 1. The highest BCUT2D eigenvalue weighted by molar-refractivity contribution is 7.73. The van der Waals surface area contributed by atoms with Crippen LogP contribution in [0.5, 0.6) is 5.88 Å². The van der Waals surface area contributed by atoms with E-state index in [1.807, 2.05) is 54.8 Å². The lowest BCUT2D eigenvalue weighted by Crippen LogP contribution is -2.21. The van der Waals surface area contributed by atoms with Crippen LogP contribution >= 0.6 is 23.6 Å². The molecule has 0 spiro atoms. The Hall–Kier alpha value is -2.32. The monoisotopic (exact) mass is 382 g/mol. The third kappa shape index (κ3) is 2.52. The first-order chi connectivity index (χ1) is 12.7. The van der Waals surface area contributed by atoms with Gasteiger partial charge in [0.2, 0.25) is 5.88 Å². The average Bonchev–Trinajstić information content (AvgIpc) is 3.34. The highest BCUT2D eigenvalue weighted by atomic mass is 32.1. The number of fused-ring (bicyclic) bond motifs is 2. The summed E-state index contributed by atoms with van der Waals surface area (Å²) in [4.78, 5) is 5.11. The summed E-state index contributed by atoms with van der Waals surface area (Å²) < 4.78 is 13.2. The van der Waals surface area contributed by atoms with Crippen LogP contribution in [0.3, 0.4) is 0 Å². The molecule has 130 valence electrons. The molecule has 3 heterocycles. The zero-order chi connectivity index (χ0) is 17.7. The predicted molar refractivity (Wildman–Crippen MR) is 105 cm³/mol. The number of rotatable bonds is 2.